The summed E-state index contributed by atoms with van der Waals surface area (Å²) in [5.74, 6) is 1.91. The number of piperazine rings is 1. The highest BCUT2D eigenvalue weighted by Crippen LogP contribution is 2.25. The highest BCUT2D eigenvalue weighted by molar-refractivity contribution is 7.17. The number of piperidine rings is 1. The Labute approximate surface area is 168 Å². The molecule has 0 radical (unpaired) electrons. The quantitative estimate of drug-likeness (QED) is 0.781. The highest BCUT2D eigenvalue weighted by atomic mass is 35.5. The van der Waals surface area contributed by atoms with Gasteiger partial charge in [-0.3, -0.25) is 4.79 Å². The van der Waals surface area contributed by atoms with Crippen LogP contribution in [0.2, 0.25) is 4.34 Å². The van der Waals surface area contributed by atoms with E-state index in [4.69, 9.17) is 11.6 Å². The summed E-state index contributed by atoms with van der Waals surface area (Å²) in [6.07, 6.45) is 3.73. The third-order valence-electron chi connectivity index (χ3n) is 5.41. The average Bonchev–Trinajstić information content (AvgIpc) is 3.14. The van der Waals surface area contributed by atoms with Crippen LogP contribution in [0.1, 0.15) is 35.9 Å². The first-order valence-corrected chi connectivity index (χ1v) is 10.7. The van der Waals surface area contributed by atoms with Crippen molar-refractivity contribution >= 4 is 40.5 Å². The van der Waals surface area contributed by atoms with Crippen molar-refractivity contribution in [2.24, 2.45) is 0 Å². The van der Waals surface area contributed by atoms with Crippen LogP contribution < -0.4 is 9.80 Å². The van der Waals surface area contributed by atoms with Gasteiger partial charge in [-0.05, 0) is 50.5 Å². The molecular weight excluding hydrogens is 382 g/mol. The van der Waals surface area contributed by atoms with E-state index in [9.17, 15) is 4.79 Å². The van der Waals surface area contributed by atoms with Crippen molar-refractivity contribution in [3.8, 4) is 0 Å². The first kappa shape index (κ1) is 18.5. The van der Waals surface area contributed by atoms with Gasteiger partial charge in [0.25, 0.3) is 5.91 Å². The van der Waals surface area contributed by atoms with E-state index in [1.165, 1.54) is 30.6 Å². The number of rotatable bonds is 3. The summed E-state index contributed by atoms with van der Waals surface area (Å²) in [6, 6.07) is 8.23. The van der Waals surface area contributed by atoms with E-state index in [-0.39, 0.29) is 5.91 Å². The Hall–Kier alpha value is -1.86. The molecule has 2 aliphatic heterocycles. The molecule has 0 bridgehead atoms. The number of carbonyl (C=O) groups excluding carboxylic acids is 1. The molecule has 2 aromatic rings. The summed E-state index contributed by atoms with van der Waals surface area (Å²) >= 11 is 7.28. The van der Waals surface area contributed by atoms with E-state index in [0.717, 1.165) is 31.3 Å². The largest absolute Gasteiger partial charge is 0.352 e. The van der Waals surface area contributed by atoms with Gasteiger partial charge in [-0.25, -0.2) is 0 Å². The van der Waals surface area contributed by atoms with Crippen molar-refractivity contribution in [2.75, 3.05) is 42.5 Å². The molecule has 4 rings (SSSR count). The van der Waals surface area contributed by atoms with E-state index >= 15 is 0 Å². The lowest BCUT2D eigenvalue weighted by atomic mass is 10.0. The zero-order valence-corrected chi connectivity index (χ0v) is 17.0. The zero-order chi connectivity index (χ0) is 18.8. The third-order valence-corrected chi connectivity index (χ3v) is 6.63. The molecule has 0 spiro atoms. The van der Waals surface area contributed by atoms with Gasteiger partial charge in [0, 0.05) is 38.8 Å². The third kappa shape index (κ3) is 4.04. The molecule has 0 aliphatic carbocycles. The minimum atomic E-state index is 0.0621. The van der Waals surface area contributed by atoms with Crippen molar-refractivity contribution in [2.45, 2.75) is 32.2 Å². The van der Waals surface area contributed by atoms with Gasteiger partial charge in [0.05, 0.1) is 9.21 Å². The summed E-state index contributed by atoms with van der Waals surface area (Å²) in [5.41, 5.74) is 0. The van der Waals surface area contributed by atoms with Gasteiger partial charge in [0.1, 0.15) is 0 Å². The van der Waals surface area contributed by atoms with E-state index in [0.29, 0.717) is 28.3 Å². The maximum absolute atomic E-state index is 12.5. The molecule has 0 aromatic carbocycles. The topological polar surface area (TPSA) is 52.6 Å². The van der Waals surface area contributed by atoms with Crippen LogP contribution in [0.5, 0.6) is 0 Å². The lowest BCUT2D eigenvalue weighted by Gasteiger charge is -2.36. The molecule has 27 heavy (non-hydrogen) atoms. The average molecular weight is 406 g/mol. The molecule has 2 saturated heterocycles. The predicted octanol–water partition coefficient (Wildman–Crippen LogP) is 3.53. The monoisotopic (exact) mass is 405 g/mol. The summed E-state index contributed by atoms with van der Waals surface area (Å²) in [7, 11) is 0. The number of nitrogens with zero attached hydrogens (tertiary/aromatic N) is 5. The van der Waals surface area contributed by atoms with Gasteiger partial charge >= 0.3 is 0 Å². The van der Waals surface area contributed by atoms with E-state index in [1.807, 2.05) is 4.90 Å². The van der Waals surface area contributed by atoms with Gasteiger partial charge in [-0.15, -0.1) is 21.5 Å². The second-order valence-electron chi connectivity index (χ2n) is 7.17. The van der Waals surface area contributed by atoms with Crippen LogP contribution in [0.25, 0.3) is 0 Å². The van der Waals surface area contributed by atoms with Gasteiger partial charge in [0.15, 0.2) is 11.6 Å². The number of carbonyl (C=O) groups is 1. The lowest BCUT2D eigenvalue weighted by molar-refractivity contribution is 0.0751. The predicted molar refractivity (Wildman–Crippen MR) is 110 cm³/mol. The molecule has 2 aromatic heterocycles. The molecule has 1 atom stereocenters. The van der Waals surface area contributed by atoms with E-state index < -0.39 is 0 Å². The Morgan fingerprint density at radius 3 is 2.41 bits per heavy atom. The number of hydrogen-bond donors (Lipinski definition) is 0. The smallest absolute Gasteiger partial charge is 0.264 e. The number of anilines is 2. The number of halogens is 1. The van der Waals surface area contributed by atoms with Crippen LogP contribution >= 0.6 is 22.9 Å². The van der Waals surface area contributed by atoms with Gasteiger partial charge < -0.3 is 14.7 Å². The second kappa shape index (κ2) is 8.02. The maximum atomic E-state index is 12.5. The molecule has 1 unspecified atom stereocenters. The molecule has 8 heteroatoms. The Kier molecular flexibility index (Phi) is 5.50. The number of thiophene rings is 1. The maximum Gasteiger partial charge on any atom is 0.264 e. The first-order chi connectivity index (χ1) is 13.1. The van der Waals surface area contributed by atoms with Gasteiger partial charge in [0.2, 0.25) is 0 Å². The minimum Gasteiger partial charge on any atom is -0.352 e. The van der Waals surface area contributed by atoms with Crippen molar-refractivity contribution in [3.63, 3.8) is 0 Å². The first-order valence-electron chi connectivity index (χ1n) is 9.52. The molecule has 2 fully saturated rings. The van der Waals surface area contributed by atoms with Crippen LogP contribution in [-0.2, 0) is 0 Å². The zero-order valence-electron chi connectivity index (χ0n) is 15.5. The SMILES string of the molecule is CC1CCCCN1c1ccc(N2CCN(C(=O)c3ccc(Cl)s3)CC2)nn1. The normalized spacial score (nSPS) is 20.8. The number of hydrogen-bond acceptors (Lipinski definition) is 6. The molecular formula is C19H24ClN5OS. The molecule has 144 valence electrons. The summed E-state index contributed by atoms with van der Waals surface area (Å²) in [6.45, 7) is 6.20. The van der Waals surface area contributed by atoms with Crippen LogP contribution in [0, 0.1) is 0 Å². The van der Waals surface area contributed by atoms with Crippen LogP contribution in [-0.4, -0.2) is 59.8 Å². The summed E-state index contributed by atoms with van der Waals surface area (Å²) in [4.78, 5) is 19.7. The number of aromatic nitrogens is 2. The standard InChI is InChI=1S/C19H24ClN5OS/c1-14-4-2-3-9-25(14)18-8-7-17(21-22-18)23-10-12-24(13-11-23)19(26)15-5-6-16(20)27-15/h5-8,14H,2-4,9-13H2,1H3. The molecule has 6 nitrogen and oxygen atoms in total. The van der Waals surface area contributed by atoms with Crippen molar-refractivity contribution in [1.29, 1.82) is 0 Å². The fraction of sp³-hybridized carbons (Fsp3) is 0.526. The van der Waals surface area contributed by atoms with Gasteiger partial charge in [-0.1, -0.05) is 11.6 Å². The van der Waals surface area contributed by atoms with Crippen molar-refractivity contribution < 1.29 is 4.79 Å². The Morgan fingerprint density at radius 2 is 1.78 bits per heavy atom. The number of amides is 1. The Bertz CT molecular complexity index is 788. The Balaban J connectivity index is 1.36. The second-order valence-corrected chi connectivity index (χ2v) is 8.89. The van der Waals surface area contributed by atoms with E-state index in [2.05, 4.69) is 39.1 Å². The molecule has 0 N–H and O–H groups in total. The minimum absolute atomic E-state index is 0.0621. The fourth-order valence-electron chi connectivity index (χ4n) is 3.80. The lowest BCUT2D eigenvalue weighted by Crippen LogP contribution is -2.49. The van der Waals surface area contributed by atoms with Crippen LogP contribution in [0.3, 0.4) is 0 Å². The molecule has 1 amide bonds. The Morgan fingerprint density at radius 1 is 1.04 bits per heavy atom. The van der Waals surface area contributed by atoms with Crippen LogP contribution in [0.15, 0.2) is 24.3 Å². The van der Waals surface area contributed by atoms with E-state index in [1.54, 1.807) is 12.1 Å². The van der Waals surface area contributed by atoms with Crippen LogP contribution in [0.4, 0.5) is 11.6 Å². The van der Waals surface area contributed by atoms with Crippen molar-refractivity contribution in [1.82, 2.24) is 15.1 Å². The fourth-order valence-corrected chi connectivity index (χ4v) is 4.81. The summed E-state index contributed by atoms with van der Waals surface area (Å²) < 4.78 is 0.648. The molecule has 2 aliphatic rings. The molecule has 0 saturated carbocycles. The van der Waals surface area contributed by atoms with Gasteiger partial charge in [-0.2, -0.15) is 0 Å². The highest BCUT2D eigenvalue weighted by Gasteiger charge is 2.25. The molecule has 4 heterocycles. The summed E-state index contributed by atoms with van der Waals surface area (Å²) in [5, 5.41) is 8.93. The van der Waals surface area contributed by atoms with Crippen molar-refractivity contribution in [3.05, 3.63) is 33.5 Å².